The summed E-state index contributed by atoms with van der Waals surface area (Å²) in [5, 5.41) is 0. The van der Waals surface area contributed by atoms with Gasteiger partial charge in [-0.2, -0.15) is 0 Å². The van der Waals surface area contributed by atoms with E-state index in [0.717, 1.165) is 6.42 Å². The first-order chi connectivity index (χ1) is 7.14. The summed E-state index contributed by atoms with van der Waals surface area (Å²) in [5.41, 5.74) is -0.161. The van der Waals surface area contributed by atoms with E-state index in [1.807, 2.05) is 0 Å². The van der Waals surface area contributed by atoms with Gasteiger partial charge in [-0.1, -0.05) is 19.8 Å². The van der Waals surface area contributed by atoms with Crippen molar-refractivity contribution in [2.24, 2.45) is 0 Å². The Morgan fingerprint density at radius 1 is 0.938 bits per heavy atom. The van der Waals surface area contributed by atoms with Gasteiger partial charge in [0.25, 0.3) is 0 Å². The molecular weight excluding hydrogens is 200 g/mol. The van der Waals surface area contributed by atoms with E-state index in [2.05, 4.69) is 48.5 Å². The van der Waals surface area contributed by atoms with Crippen LogP contribution in [0.5, 0.6) is 0 Å². The van der Waals surface area contributed by atoms with E-state index in [1.165, 1.54) is 12.8 Å². The zero-order valence-corrected chi connectivity index (χ0v) is 12.2. The van der Waals surface area contributed by atoms with Crippen molar-refractivity contribution in [2.75, 3.05) is 6.61 Å². The third kappa shape index (κ3) is 10.4. The van der Waals surface area contributed by atoms with Crippen molar-refractivity contribution < 1.29 is 9.47 Å². The highest BCUT2D eigenvalue weighted by Gasteiger charge is 2.21. The fraction of sp³-hybridized carbons (Fsp3) is 1.00. The summed E-state index contributed by atoms with van der Waals surface area (Å²) in [6, 6.07) is 0. The van der Waals surface area contributed by atoms with Crippen LogP contribution >= 0.6 is 0 Å². The Hall–Kier alpha value is -0.0800. The molecule has 0 bridgehead atoms. The van der Waals surface area contributed by atoms with Gasteiger partial charge in [-0.3, -0.25) is 0 Å². The highest BCUT2D eigenvalue weighted by molar-refractivity contribution is 4.68. The smallest absolute Gasteiger partial charge is 0.0815 e. The molecule has 1 atom stereocenters. The zero-order valence-electron chi connectivity index (χ0n) is 12.2. The van der Waals surface area contributed by atoms with Gasteiger partial charge in [0, 0.05) is 0 Å². The predicted molar refractivity (Wildman–Crippen MR) is 69.9 cm³/mol. The van der Waals surface area contributed by atoms with E-state index in [0.29, 0.717) is 6.61 Å². The van der Waals surface area contributed by atoms with Gasteiger partial charge in [0.1, 0.15) is 0 Å². The van der Waals surface area contributed by atoms with Crippen LogP contribution in [0.15, 0.2) is 0 Å². The Bertz CT molecular complexity index is 174. The number of hydrogen-bond donors (Lipinski definition) is 0. The van der Waals surface area contributed by atoms with Crippen LogP contribution in [0.4, 0.5) is 0 Å². The van der Waals surface area contributed by atoms with Gasteiger partial charge in [-0.05, 0) is 48.0 Å². The van der Waals surface area contributed by atoms with E-state index in [-0.39, 0.29) is 17.3 Å². The molecule has 0 N–H and O–H groups in total. The minimum absolute atomic E-state index is 0.0777. The summed E-state index contributed by atoms with van der Waals surface area (Å²) in [5.74, 6) is 0. The molecule has 0 aliphatic carbocycles. The average molecular weight is 230 g/mol. The third-order valence-corrected chi connectivity index (χ3v) is 2.10. The lowest BCUT2D eigenvalue weighted by Gasteiger charge is -2.30. The molecule has 0 aromatic rings. The fourth-order valence-corrected chi connectivity index (χ4v) is 1.45. The van der Waals surface area contributed by atoms with Crippen molar-refractivity contribution in [2.45, 2.75) is 85.0 Å². The van der Waals surface area contributed by atoms with Crippen LogP contribution in [-0.2, 0) is 9.47 Å². The largest absolute Gasteiger partial charge is 0.373 e. The van der Waals surface area contributed by atoms with E-state index in [1.54, 1.807) is 0 Å². The van der Waals surface area contributed by atoms with Crippen LogP contribution in [0.25, 0.3) is 0 Å². The summed E-state index contributed by atoms with van der Waals surface area (Å²) in [6.07, 6.45) is 3.72. The van der Waals surface area contributed by atoms with Crippen LogP contribution in [0.1, 0.15) is 67.7 Å². The molecule has 2 nitrogen and oxygen atoms in total. The van der Waals surface area contributed by atoms with Crippen LogP contribution < -0.4 is 0 Å². The van der Waals surface area contributed by atoms with Crippen LogP contribution in [0, 0.1) is 0 Å². The molecule has 2 heteroatoms. The Morgan fingerprint density at radius 2 is 1.50 bits per heavy atom. The molecule has 16 heavy (non-hydrogen) atoms. The second-order valence-electron chi connectivity index (χ2n) is 6.42. The second kappa shape index (κ2) is 6.61. The summed E-state index contributed by atoms with van der Waals surface area (Å²) in [7, 11) is 0. The molecule has 0 radical (unpaired) electrons. The molecule has 0 fully saturated rings. The number of ether oxygens (including phenoxy) is 2. The maximum Gasteiger partial charge on any atom is 0.0815 e. The maximum absolute atomic E-state index is 6.01. The Balaban J connectivity index is 4.10. The highest BCUT2D eigenvalue weighted by atomic mass is 16.6. The van der Waals surface area contributed by atoms with Gasteiger partial charge in [-0.15, -0.1) is 0 Å². The molecule has 0 heterocycles. The van der Waals surface area contributed by atoms with Crippen LogP contribution in [0.2, 0.25) is 0 Å². The number of unbranched alkanes of at least 4 members (excludes halogenated alkanes) is 1. The monoisotopic (exact) mass is 230 g/mol. The molecular formula is C14H30O2. The lowest BCUT2D eigenvalue weighted by Crippen LogP contribution is -2.33. The van der Waals surface area contributed by atoms with Crippen molar-refractivity contribution in [1.82, 2.24) is 0 Å². The molecule has 0 amide bonds. The van der Waals surface area contributed by atoms with Crippen LogP contribution in [-0.4, -0.2) is 23.9 Å². The van der Waals surface area contributed by atoms with E-state index < -0.39 is 0 Å². The molecule has 0 saturated carbocycles. The molecule has 0 aromatic heterocycles. The Morgan fingerprint density at radius 3 is 1.88 bits per heavy atom. The molecule has 98 valence electrons. The van der Waals surface area contributed by atoms with E-state index in [4.69, 9.17) is 9.47 Å². The minimum Gasteiger partial charge on any atom is -0.373 e. The zero-order chi connectivity index (χ0) is 12.8. The maximum atomic E-state index is 6.01. The third-order valence-electron chi connectivity index (χ3n) is 2.10. The van der Waals surface area contributed by atoms with Gasteiger partial charge < -0.3 is 9.47 Å². The molecule has 0 aromatic carbocycles. The normalized spacial score (nSPS) is 15.2. The van der Waals surface area contributed by atoms with Gasteiger partial charge in [0.2, 0.25) is 0 Å². The molecule has 0 aliphatic heterocycles. The van der Waals surface area contributed by atoms with Gasteiger partial charge in [-0.25, -0.2) is 0 Å². The quantitative estimate of drug-likeness (QED) is 0.681. The second-order valence-corrected chi connectivity index (χ2v) is 6.42. The van der Waals surface area contributed by atoms with Crippen molar-refractivity contribution in [3.63, 3.8) is 0 Å². The summed E-state index contributed by atoms with van der Waals surface area (Å²) < 4.78 is 11.8. The lowest BCUT2D eigenvalue weighted by molar-refractivity contribution is -0.122. The molecule has 0 rings (SSSR count). The lowest BCUT2D eigenvalue weighted by atomic mass is 10.1. The number of rotatable bonds is 6. The highest BCUT2D eigenvalue weighted by Crippen LogP contribution is 2.17. The fourth-order valence-electron chi connectivity index (χ4n) is 1.45. The van der Waals surface area contributed by atoms with Gasteiger partial charge >= 0.3 is 0 Å². The van der Waals surface area contributed by atoms with Crippen molar-refractivity contribution in [1.29, 1.82) is 0 Å². The van der Waals surface area contributed by atoms with Gasteiger partial charge in [0.05, 0.1) is 23.9 Å². The number of hydrogen-bond acceptors (Lipinski definition) is 2. The van der Waals surface area contributed by atoms with Gasteiger partial charge in [0.15, 0.2) is 0 Å². The van der Waals surface area contributed by atoms with E-state index in [9.17, 15) is 0 Å². The minimum atomic E-state index is -0.0837. The van der Waals surface area contributed by atoms with Crippen molar-refractivity contribution >= 4 is 0 Å². The predicted octanol–water partition coefficient (Wildman–Crippen LogP) is 4.18. The Labute approximate surface area is 102 Å². The SMILES string of the molecule is CCCCC(COC(C)(C)C)OC(C)(C)C. The first-order valence-electron chi connectivity index (χ1n) is 6.46. The average Bonchev–Trinajstić information content (AvgIpc) is 2.06. The van der Waals surface area contributed by atoms with Crippen molar-refractivity contribution in [3.05, 3.63) is 0 Å². The Kier molecular flexibility index (Phi) is 6.57. The summed E-state index contributed by atoms with van der Waals surface area (Å²) in [6.45, 7) is 15.5. The van der Waals surface area contributed by atoms with Crippen LogP contribution in [0.3, 0.4) is 0 Å². The molecule has 1 unspecified atom stereocenters. The molecule has 0 spiro atoms. The standard InChI is InChI=1S/C14H30O2/c1-8-9-10-12(16-14(5,6)7)11-15-13(2,3)4/h12H,8-11H2,1-7H3. The summed E-state index contributed by atoms with van der Waals surface area (Å²) >= 11 is 0. The molecule has 0 aliphatic rings. The molecule has 0 saturated heterocycles. The van der Waals surface area contributed by atoms with E-state index >= 15 is 0 Å². The van der Waals surface area contributed by atoms with Crippen molar-refractivity contribution in [3.8, 4) is 0 Å². The summed E-state index contributed by atoms with van der Waals surface area (Å²) in [4.78, 5) is 0. The first-order valence-corrected chi connectivity index (χ1v) is 6.46. The topological polar surface area (TPSA) is 18.5 Å². The first kappa shape index (κ1) is 15.9.